The van der Waals surface area contributed by atoms with E-state index in [1.165, 1.54) is 0 Å². The maximum atomic E-state index is 5.97. The van der Waals surface area contributed by atoms with Gasteiger partial charge in [-0.25, -0.2) is 0 Å². The fourth-order valence-corrected chi connectivity index (χ4v) is 2.55. The maximum Gasteiger partial charge on any atom is 0.150 e. The monoisotopic (exact) mass is 266 g/mol. The van der Waals surface area contributed by atoms with Crippen molar-refractivity contribution in [3.05, 3.63) is 17.5 Å². The topological polar surface area (TPSA) is 47.3 Å². The molecule has 1 heterocycles. The molecule has 1 saturated carbocycles. The van der Waals surface area contributed by atoms with Crippen LogP contribution in [0.5, 0.6) is 0 Å². The molecular weight excluding hydrogens is 240 g/mol. The fraction of sp³-hybridized carbons (Fsp3) is 0.800. The minimum absolute atomic E-state index is 0.184. The van der Waals surface area contributed by atoms with Gasteiger partial charge in [-0.05, 0) is 19.3 Å². The van der Waals surface area contributed by atoms with E-state index in [0.29, 0.717) is 18.1 Å². The number of nitrogens with zero attached hydrogens (tertiary/aromatic N) is 1. The first-order valence-electron chi connectivity index (χ1n) is 7.16. The zero-order valence-electron chi connectivity index (χ0n) is 12.7. The highest BCUT2D eigenvalue weighted by molar-refractivity contribution is 5.06. The predicted octanol–water partition coefficient (Wildman–Crippen LogP) is 2.91. The highest BCUT2D eigenvalue weighted by atomic mass is 16.5. The minimum atomic E-state index is 0.184. The third-order valence-electron chi connectivity index (χ3n) is 4.01. The molecule has 4 heteroatoms. The van der Waals surface area contributed by atoms with E-state index in [9.17, 15) is 0 Å². The van der Waals surface area contributed by atoms with Crippen LogP contribution in [0.1, 0.15) is 45.6 Å². The van der Waals surface area contributed by atoms with Gasteiger partial charge in [-0.2, -0.15) is 0 Å². The zero-order chi connectivity index (χ0) is 14.0. The van der Waals surface area contributed by atoms with E-state index in [1.54, 1.807) is 0 Å². The smallest absolute Gasteiger partial charge is 0.150 e. The Morgan fingerprint density at radius 2 is 2.26 bits per heavy atom. The van der Waals surface area contributed by atoms with Crippen molar-refractivity contribution >= 4 is 0 Å². The Morgan fingerprint density at radius 1 is 1.53 bits per heavy atom. The SMILES string of the molecule is Cc1cc(CNC2CC(OCC(C)C)C2(C)C)on1. The molecule has 1 aliphatic carbocycles. The Morgan fingerprint density at radius 3 is 2.79 bits per heavy atom. The first-order valence-corrected chi connectivity index (χ1v) is 7.16. The molecule has 1 aliphatic rings. The summed E-state index contributed by atoms with van der Waals surface area (Å²) in [7, 11) is 0. The van der Waals surface area contributed by atoms with Gasteiger partial charge in [-0.1, -0.05) is 32.9 Å². The van der Waals surface area contributed by atoms with Gasteiger partial charge in [0.15, 0.2) is 5.76 Å². The summed E-state index contributed by atoms with van der Waals surface area (Å²) in [6.45, 7) is 12.4. The van der Waals surface area contributed by atoms with E-state index in [0.717, 1.165) is 31.0 Å². The van der Waals surface area contributed by atoms with Crippen molar-refractivity contribution in [2.45, 2.75) is 59.7 Å². The standard InChI is InChI=1S/C15H26N2O2/c1-10(2)9-18-14-7-13(15(14,4)5)16-8-12-6-11(3)17-19-12/h6,10,13-14,16H,7-9H2,1-5H3. The third kappa shape index (κ3) is 3.37. The van der Waals surface area contributed by atoms with Gasteiger partial charge in [0.1, 0.15) is 0 Å². The third-order valence-corrected chi connectivity index (χ3v) is 4.01. The van der Waals surface area contributed by atoms with Gasteiger partial charge in [0.2, 0.25) is 0 Å². The molecule has 0 spiro atoms. The largest absolute Gasteiger partial charge is 0.377 e. The van der Waals surface area contributed by atoms with Crippen LogP contribution in [0.15, 0.2) is 10.6 Å². The number of aromatic nitrogens is 1. The Hall–Kier alpha value is -0.870. The van der Waals surface area contributed by atoms with Gasteiger partial charge in [-0.15, -0.1) is 0 Å². The average molecular weight is 266 g/mol. The Balaban J connectivity index is 1.77. The van der Waals surface area contributed by atoms with E-state index in [4.69, 9.17) is 9.26 Å². The van der Waals surface area contributed by atoms with Gasteiger partial charge in [0.25, 0.3) is 0 Å². The summed E-state index contributed by atoms with van der Waals surface area (Å²) < 4.78 is 11.2. The molecule has 2 unspecified atom stereocenters. The highest BCUT2D eigenvalue weighted by Gasteiger charge is 2.48. The number of nitrogens with one attached hydrogen (secondary N) is 1. The van der Waals surface area contributed by atoms with Gasteiger partial charge < -0.3 is 14.6 Å². The van der Waals surface area contributed by atoms with Crippen LogP contribution in [-0.2, 0) is 11.3 Å². The predicted molar refractivity (Wildman–Crippen MR) is 74.8 cm³/mol. The second-order valence-electron chi connectivity index (χ2n) is 6.64. The van der Waals surface area contributed by atoms with E-state index in [2.05, 4.69) is 38.2 Å². The molecule has 1 aromatic heterocycles. The summed E-state index contributed by atoms with van der Waals surface area (Å²) >= 11 is 0. The molecule has 0 aliphatic heterocycles. The number of hydrogen-bond donors (Lipinski definition) is 1. The first kappa shape index (κ1) is 14.5. The summed E-state index contributed by atoms with van der Waals surface area (Å²) in [5.74, 6) is 1.50. The van der Waals surface area contributed by atoms with E-state index < -0.39 is 0 Å². The molecule has 0 radical (unpaired) electrons. The average Bonchev–Trinajstić information content (AvgIpc) is 2.72. The van der Waals surface area contributed by atoms with Gasteiger partial charge in [0, 0.05) is 24.1 Å². The number of aryl methyl sites for hydroxylation is 1. The normalized spacial score (nSPS) is 25.6. The van der Waals surface area contributed by atoms with Crippen molar-refractivity contribution in [3.8, 4) is 0 Å². The summed E-state index contributed by atoms with van der Waals surface area (Å²) in [4.78, 5) is 0. The lowest BCUT2D eigenvalue weighted by molar-refractivity contribution is -0.124. The van der Waals surface area contributed by atoms with E-state index in [1.807, 2.05) is 13.0 Å². The fourth-order valence-electron chi connectivity index (χ4n) is 2.55. The second-order valence-corrected chi connectivity index (χ2v) is 6.64. The molecule has 0 amide bonds. The molecule has 2 atom stereocenters. The number of hydrogen-bond acceptors (Lipinski definition) is 4. The van der Waals surface area contributed by atoms with Crippen LogP contribution in [0.2, 0.25) is 0 Å². The zero-order valence-corrected chi connectivity index (χ0v) is 12.7. The summed E-state index contributed by atoms with van der Waals surface area (Å²) in [5.41, 5.74) is 1.12. The quantitative estimate of drug-likeness (QED) is 0.860. The molecule has 1 aromatic rings. The molecule has 1 N–H and O–H groups in total. The Bertz CT molecular complexity index is 412. The molecule has 4 nitrogen and oxygen atoms in total. The van der Waals surface area contributed by atoms with Crippen molar-refractivity contribution < 1.29 is 9.26 Å². The molecule has 0 bridgehead atoms. The van der Waals surface area contributed by atoms with Crippen LogP contribution in [0.3, 0.4) is 0 Å². The molecule has 2 rings (SSSR count). The van der Waals surface area contributed by atoms with Gasteiger partial charge in [-0.3, -0.25) is 0 Å². The lowest BCUT2D eigenvalue weighted by Crippen LogP contribution is -2.60. The van der Waals surface area contributed by atoms with E-state index >= 15 is 0 Å². The maximum absolute atomic E-state index is 5.97. The lowest BCUT2D eigenvalue weighted by Gasteiger charge is -2.52. The summed E-state index contributed by atoms with van der Waals surface area (Å²) in [6.07, 6.45) is 1.44. The molecule has 108 valence electrons. The Kier molecular flexibility index (Phi) is 4.31. The van der Waals surface area contributed by atoms with Gasteiger partial charge >= 0.3 is 0 Å². The molecule has 1 fully saturated rings. The number of ether oxygens (including phenoxy) is 1. The van der Waals surface area contributed by atoms with Crippen LogP contribution < -0.4 is 5.32 Å². The Labute approximate surface area is 115 Å². The molecule has 0 saturated heterocycles. The van der Waals surface area contributed by atoms with Crippen molar-refractivity contribution in [2.75, 3.05) is 6.61 Å². The van der Waals surface area contributed by atoms with E-state index in [-0.39, 0.29) is 5.41 Å². The van der Waals surface area contributed by atoms with Crippen molar-refractivity contribution in [2.24, 2.45) is 11.3 Å². The molecule has 0 aromatic carbocycles. The van der Waals surface area contributed by atoms with Crippen LogP contribution in [0.25, 0.3) is 0 Å². The second kappa shape index (κ2) is 5.63. The lowest BCUT2D eigenvalue weighted by atomic mass is 9.64. The molecule has 19 heavy (non-hydrogen) atoms. The van der Waals surface area contributed by atoms with Crippen molar-refractivity contribution in [1.29, 1.82) is 0 Å². The van der Waals surface area contributed by atoms with Gasteiger partial charge in [0.05, 0.1) is 18.3 Å². The van der Waals surface area contributed by atoms with Crippen molar-refractivity contribution in [1.82, 2.24) is 10.5 Å². The summed E-state index contributed by atoms with van der Waals surface area (Å²) in [5, 5.41) is 7.44. The van der Waals surface area contributed by atoms with Crippen LogP contribution in [0.4, 0.5) is 0 Å². The number of rotatable bonds is 6. The van der Waals surface area contributed by atoms with Crippen molar-refractivity contribution in [3.63, 3.8) is 0 Å². The molecular formula is C15H26N2O2. The minimum Gasteiger partial charge on any atom is -0.377 e. The summed E-state index contributed by atoms with van der Waals surface area (Å²) in [6, 6.07) is 2.46. The van der Waals surface area contributed by atoms with Crippen LogP contribution in [0, 0.1) is 18.3 Å². The first-order chi connectivity index (χ1) is 8.89. The van der Waals surface area contributed by atoms with Crippen LogP contribution in [-0.4, -0.2) is 23.9 Å². The van der Waals surface area contributed by atoms with Crippen LogP contribution >= 0.6 is 0 Å². The highest BCUT2D eigenvalue weighted by Crippen LogP contribution is 2.43.